The molecule has 2 N–H and O–H groups in total. The molecule has 5 heteroatoms. The molecule has 0 saturated heterocycles. The van der Waals surface area contributed by atoms with Gasteiger partial charge < -0.3 is 15.0 Å². The third-order valence-electron chi connectivity index (χ3n) is 2.75. The molecule has 0 aliphatic heterocycles. The minimum absolute atomic E-state index is 0.0293. The second-order valence-electron chi connectivity index (χ2n) is 5.55. The molecule has 1 amide bonds. The summed E-state index contributed by atoms with van der Waals surface area (Å²) in [4.78, 5) is 19.3. The maximum absolute atomic E-state index is 11.5. The largest absolute Gasteiger partial charge is 0.375 e. The van der Waals surface area contributed by atoms with Crippen LogP contribution in [0, 0.1) is 0 Å². The van der Waals surface area contributed by atoms with Gasteiger partial charge in [0.05, 0.1) is 11.0 Å². The summed E-state index contributed by atoms with van der Waals surface area (Å²) in [6.07, 6.45) is 0. The number of nitrogens with zero attached hydrogens (tertiary/aromatic N) is 1. The van der Waals surface area contributed by atoms with Gasteiger partial charge in [0.15, 0.2) is 0 Å². The molecule has 0 unspecified atom stereocenters. The van der Waals surface area contributed by atoms with E-state index in [1.165, 1.54) is 7.11 Å². The maximum atomic E-state index is 11.5. The van der Waals surface area contributed by atoms with Crippen molar-refractivity contribution in [3.8, 4) is 0 Å². The molecular weight excluding hydrogens is 242 g/mol. The lowest BCUT2D eigenvalue weighted by molar-refractivity contribution is -0.119. The number of aromatic nitrogens is 2. The van der Waals surface area contributed by atoms with Crippen LogP contribution < -0.4 is 5.32 Å². The molecule has 0 saturated carbocycles. The number of fused-ring (bicyclic) bond motifs is 1. The number of hydrogen-bond acceptors (Lipinski definition) is 3. The quantitative estimate of drug-likeness (QED) is 0.891. The smallest absolute Gasteiger partial charge is 0.250 e. The van der Waals surface area contributed by atoms with Gasteiger partial charge in [0, 0.05) is 18.2 Å². The van der Waals surface area contributed by atoms with Crippen molar-refractivity contribution in [3.63, 3.8) is 0 Å². The molecule has 0 atom stereocenters. The Morgan fingerprint density at radius 3 is 2.79 bits per heavy atom. The van der Waals surface area contributed by atoms with Crippen molar-refractivity contribution in [2.75, 3.05) is 19.0 Å². The fraction of sp³-hybridized carbons (Fsp3) is 0.429. The summed E-state index contributed by atoms with van der Waals surface area (Å²) in [5, 5.41) is 2.77. The van der Waals surface area contributed by atoms with E-state index in [-0.39, 0.29) is 17.9 Å². The fourth-order valence-corrected chi connectivity index (χ4v) is 1.77. The molecular formula is C14H19N3O2. The van der Waals surface area contributed by atoms with Crippen LogP contribution in [0.15, 0.2) is 18.2 Å². The van der Waals surface area contributed by atoms with E-state index in [2.05, 4.69) is 36.1 Å². The van der Waals surface area contributed by atoms with E-state index in [0.29, 0.717) is 0 Å². The number of aromatic amines is 1. The molecule has 0 aliphatic carbocycles. The Balaban J connectivity index is 2.28. The fourth-order valence-electron chi connectivity index (χ4n) is 1.77. The van der Waals surface area contributed by atoms with Crippen LogP contribution in [0.1, 0.15) is 26.6 Å². The van der Waals surface area contributed by atoms with Gasteiger partial charge >= 0.3 is 0 Å². The maximum Gasteiger partial charge on any atom is 0.250 e. The summed E-state index contributed by atoms with van der Waals surface area (Å²) >= 11 is 0. The third-order valence-corrected chi connectivity index (χ3v) is 2.75. The number of ether oxygens (including phenoxy) is 1. The van der Waals surface area contributed by atoms with Crippen LogP contribution in [0.2, 0.25) is 0 Å². The Morgan fingerprint density at radius 2 is 2.16 bits per heavy atom. The highest BCUT2D eigenvalue weighted by atomic mass is 16.5. The Morgan fingerprint density at radius 1 is 1.42 bits per heavy atom. The lowest BCUT2D eigenvalue weighted by Gasteiger charge is -2.13. The van der Waals surface area contributed by atoms with Gasteiger partial charge in [-0.15, -0.1) is 0 Å². The van der Waals surface area contributed by atoms with Gasteiger partial charge in [-0.25, -0.2) is 4.98 Å². The van der Waals surface area contributed by atoms with Crippen molar-refractivity contribution in [3.05, 3.63) is 24.0 Å². The average Bonchev–Trinajstić information content (AvgIpc) is 2.71. The first-order chi connectivity index (χ1) is 8.90. The van der Waals surface area contributed by atoms with Crippen molar-refractivity contribution in [1.82, 2.24) is 9.97 Å². The number of nitrogens with one attached hydrogen (secondary N) is 2. The van der Waals surface area contributed by atoms with Crippen molar-refractivity contribution in [2.45, 2.75) is 26.2 Å². The highest BCUT2D eigenvalue weighted by molar-refractivity contribution is 5.93. The number of imidazole rings is 1. The van der Waals surface area contributed by atoms with E-state index in [4.69, 9.17) is 4.74 Å². The molecule has 19 heavy (non-hydrogen) atoms. The molecule has 2 rings (SSSR count). The van der Waals surface area contributed by atoms with Gasteiger partial charge in [-0.3, -0.25) is 4.79 Å². The van der Waals surface area contributed by atoms with Gasteiger partial charge in [-0.05, 0) is 18.2 Å². The van der Waals surface area contributed by atoms with E-state index in [9.17, 15) is 4.79 Å². The molecule has 102 valence electrons. The first-order valence-corrected chi connectivity index (χ1v) is 6.19. The minimum Gasteiger partial charge on any atom is -0.375 e. The SMILES string of the molecule is COCC(=O)Nc1ccc2nc(C(C)(C)C)[nH]c2c1. The zero-order valence-corrected chi connectivity index (χ0v) is 11.7. The summed E-state index contributed by atoms with van der Waals surface area (Å²) in [6, 6.07) is 5.61. The summed E-state index contributed by atoms with van der Waals surface area (Å²) in [5.74, 6) is 0.764. The van der Waals surface area contributed by atoms with Crippen LogP contribution in [-0.4, -0.2) is 29.6 Å². The topological polar surface area (TPSA) is 67.0 Å². The molecule has 2 aromatic rings. The summed E-state index contributed by atoms with van der Waals surface area (Å²) in [6.45, 7) is 6.36. The molecule has 0 aliphatic rings. The van der Waals surface area contributed by atoms with Crippen LogP contribution in [0.25, 0.3) is 11.0 Å². The number of benzene rings is 1. The normalized spacial score (nSPS) is 11.8. The first kappa shape index (κ1) is 13.5. The molecule has 0 radical (unpaired) electrons. The molecule has 1 heterocycles. The monoisotopic (exact) mass is 261 g/mol. The number of hydrogen-bond donors (Lipinski definition) is 2. The van der Waals surface area contributed by atoms with E-state index < -0.39 is 0 Å². The molecule has 5 nitrogen and oxygen atoms in total. The van der Waals surface area contributed by atoms with Crippen LogP contribution in [-0.2, 0) is 14.9 Å². The number of amides is 1. The number of anilines is 1. The Kier molecular flexibility index (Phi) is 3.57. The third kappa shape index (κ3) is 3.12. The highest BCUT2D eigenvalue weighted by Gasteiger charge is 2.18. The van der Waals surface area contributed by atoms with E-state index in [1.54, 1.807) is 0 Å². The van der Waals surface area contributed by atoms with E-state index in [1.807, 2.05) is 18.2 Å². The predicted molar refractivity (Wildman–Crippen MR) is 75.3 cm³/mol. The standard InChI is InChI=1S/C14H19N3O2/c1-14(2,3)13-16-10-6-5-9(7-11(10)17-13)15-12(18)8-19-4/h5-7H,8H2,1-4H3,(H,15,18)(H,16,17). The van der Waals surface area contributed by atoms with Gasteiger partial charge in [0.1, 0.15) is 12.4 Å². The second-order valence-corrected chi connectivity index (χ2v) is 5.55. The Labute approximate surface area is 112 Å². The number of carbonyl (C=O) groups excluding carboxylic acids is 1. The molecule has 1 aromatic carbocycles. The zero-order chi connectivity index (χ0) is 14.0. The van der Waals surface area contributed by atoms with Crippen molar-refractivity contribution >= 4 is 22.6 Å². The zero-order valence-electron chi connectivity index (χ0n) is 11.7. The Bertz CT molecular complexity index is 596. The summed E-state index contributed by atoms with van der Waals surface area (Å²) in [7, 11) is 1.49. The van der Waals surface area contributed by atoms with Gasteiger partial charge in [0.25, 0.3) is 0 Å². The van der Waals surface area contributed by atoms with Crippen molar-refractivity contribution in [2.24, 2.45) is 0 Å². The van der Waals surface area contributed by atoms with Gasteiger partial charge in [-0.2, -0.15) is 0 Å². The van der Waals surface area contributed by atoms with Gasteiger partial charge in [-0.1, -0.05) is 20.8 Å². The second kappa shape index (κ2) is 5.01. The van der Waals surface area contributed by atoms with Crippen molar-refractivity contribution in [1.29, 1.82) is 0 Å². The molecule has 0 bridgehead atoms. The average molecular weight is 261 g/mol. The van der Waals surface area contributed by atoms with Crippen LogP contribution >= 0.6 is 0 Å². The van der Waals surface area contributed by atoms with Crippen LogP contribution in [0.5, 0.6) is 0 Å². The number of rotatable bonds is 3. The lowest BCUT2D eigenvalue weighted by Crippen LogP contribution is -2.16. The van der Waals surface area contributed by atoms with E-state index >= 15 is 0 Å². The minimum atomic E-state index is -0.169. The van der Waals surface area contributed by atoms with Crippen LogP contribution in [0.4, 0.5) is 5.69 Å². The summed E-state index contributed by atoms with van der Waals surface area (Å²) < 4.78 is 4.78. The summed E-state index contributed by atoms with van der Waals surface area (Å²) in [5.41, 5.74) is 2.52. The molecule has 0 fully saturated rings. The Hall–Kier alpha value is -1.88. The number of carbonyl (C=O) groups is 1. The lowest BCUT2D eigenvalue weighted by atomic mass is 9.96. The van der Waals surface area contributed by atoms with E-state index in [0.717, 1.165) is 22.5 Å². The first-order valence-electron chi connectivity index (χ1n) is 6.19. The van der Waals surface area contributed by atoms with Crippen molar-refractivity contribution < 1.29 is 9.53 Å². The van der Waals surface area contributed by atoms with Crippen LogP contribution in [0.3, 0.4) is 0 Å². The predicted octanol–water partition coefficient (Wildman–Crippen LogP) is 2.45. The number of H-pyrrole nitrogens is 1. The van der Waals surface area contributed by atoms with Gasteiger partial charge in [0.2, 0.25) is 5.91 Å². The molecule has 0 spiro atoms. The molecule has 1 aromatic heterocycles. The number of methoxy groups -OCH3 is 1. The highest BCUT2D eigenvalue weighted by Crippen LogP contribution is 2.24.